The molecule has 0 aliphatic heterocycles. The molecule has 0 fully saturated rings. The second-order valence-electron chi connectivity index (χ2n) is 9.33. The lowest BCUT2D eigenvalue weighted by Crippen LogP contribution is -2.08. The molecule has 0 amide bonds. The summed E-state index contributed by atoms with van der Waals surface area (Å²) in [5, 5.41) is 2.28. The van der Waals surface area contributed by atoms with E-state index in [4.69, 9.17) is 4.74 Å². The Morgan fingerprint density at radius 2 is 1.43 bits per heavy atom. The van der Waals surface area contributed by atoms with Crippen LogP contribution < -0.4 is 4.74 Å². The molecule has 0 heterocycles. The van der Waals surface area contributed by atoms with Crippen LogP contribution in [0.25, 0.3) is 10.8 Å². The third-order valence-corrected chi connectivity index (χ3v) is 4.91. The van der Waals surface area contributed by atoms with Gasteiger partial charge in [0.2, 0.25) is 0 Å². The minimum absolute atomic E-state index is 0.198. The Morgan fingerprint density at radius 1 is 0.833 bits per heavy atom. The van der Waals surface area contributed by atoms with Crippen molar-refractivity contribution in [3.63, 3.8) is 0 Å². The molecule has 0 atom stereocenters. The summed E-state index contributed by atoms with van der Waals surface area (Å²) in [5.74, 6) is 2.30. The average molecular weight is 401 g/mol. The van der Waals surface area contributed by atoms with E-state index in [0.717, 1.165) is 33.7 Å². The molecule has 3 heteroatoms. The van der Waals surface area contributed by atoms with E-state index < -0.39 is 0 Å². The first-order valence-electron chi connectivity index (χ1n) is 10.7. The van der Waals surface area contributed by atoms with Crippen LogP contribution in [0.1, 0.15) is 71.4 Å². The summed E-state index contributed by atoms with van der Waals surface area (Å²) < 4.78 is 6.40. The van der Waals surface area contributed by atoms with Crippen LogP contribution in [0.4, 0.5) is 5.69 Å². The van der Waals surface area contributed by atoms with Crippen LogP contribution in [0.15, 0.2) is 64.6 Å². The van der Waals surface area contributed by atoms with Crippen molar-refractivity contribution in [2.75, 3.05) is 0 Å². The number of aliphatic imine (C=N–C) groups is 2. The highest BCUT2D eigenvalue weighted by atomic mass is 16.5. The minimum Gasteiger partial charge on any atom is -0.457 e. The largest absolute Gasteiger partial charge is 0.457 e. The van der Waals surface area contributed by atoms with Crippen molar-refractivity contribution >= 4 is 22.5 Å². The Bertz CT molecular complexity index is 1060. The van der Waals surface area contributed by atoms with E-state index in [-0.39, 0.29) is 5.54 Å². The fraction of sp³-hybridized carbons (Fsp3) is 0.370. The lowest BCUT2D eigenvalue weighted by molar-refractivity contribution is 0.486. The second kappa shape index (κ2) is 8.85. The molecule has 0 saturated carbocycles. The maximum Gasteiger partial charge on any atom is 0.135 e. The summed E-state index contributed by atoms with van der Waals surface area (Å²) in [6, 6.07) is 21.6. The molecule has 0 aliphatic carbocycles. The van der Waals surface area contributed by atoms with Crippen LogP contribution in [0.2, 0.25) is 0 Å². The predicted octanol–water partition coefficient (Wildman–Crippen LogP) is 8.48. The standard InChI is InChI=1S/C27H32N2O/c1-18(2)23-15-21(30-25-14-10-12-20-11-8-9-13-22(20)25)16-24(19(3)4)26(23)28-17-29-27(5,6)7/h8-16,18-19H,1-7H3. The number of nitrogens with zero attached hydrogens (tertiary/aromatic N) is 2. The molecule has 30 heavy (non-hydrogen) atoms. The van der Waals surface area contributed by atoms with Crippen molar-refractivity contribution < 1.29 is 4.74 Å². The molecule has 0 bridgehead atoms. The molecule has 0 N–H and O–H groups in total. The maximum absolute atomic E-state index is 6.40. The van der Waals surface area contributed by atoms with E-state index in [1.54, 1.807) is 0 Å². The highest BCUT2D eigenvalue weighted by Gasteiger charge is 2.17. The molecule has 0 aliphatic rings. The summed E-state index contributed by atoms with van der Waals surface area (Å²) in [5.41, 5.74) is 3.05. The number of rotatable bonds is 5. The SMILES string of the molecule is CC(C)c1cc(Oc2cccc3ccccc23)cc(C(C)C)c1N=C=NC(C)(C)C. The quantitative estimate of drug-likeness (QED) is 0.395. The van der Waals surface area contributed by atoms with Gasteiger partial charge in [-0.3, -0.25) is 0 Å². The van der Waals surface area contributed by atoms with Crippen LogP contribution in [0, 0.1) is 0 Å². The third kappa shape index (κ3) is 5.17. The molecule has 156 valence electrons. The van der Waals surface area contributed by atoms with Gasteiger partial charge in [0.05, 0.1) is 17.2 Å². The molecular weight excluding hydrogens is 368 g/mol. The Hall–Kier alpha value is -2.90. The molecule has 0 unspecified atom stereocenters. The zero-order valence-corrected chi connectivity index (χ0v) is 19.2. The Balaban J connectivity index is 2.12. The fourth-order valence-electron chi connectivity index (χ4n) is 3.36. The number of hydrogen-bond donors (Lipinski definition) is 0. The predicted molar refractivity (Wildman–Crippen MR) is 128 cm³/mol. The normalized spacial score (nSPS) is 11.6. The molecule has 0 radical (unpaired) electrons. The topological polar surface area (TPSA) is 34.0 Å². The third-order valence-electron chi connectivity index (χ3n) is 4.91. The van der Waals surface area contributed by atoms with Crippen LogP contribution in [0.5, 0.6) is 11.5 Å². The van der Waals surface area contributed by atoms with Gasteiger partial charge in [-0.05, 0) is 67.3 Å². The van der Waals surface area contributed by atoms with E-state index in [9.17, 15) is 0 Å². The molecule has 0 aromatic heterocycles. The van der Waals surface area contributed by atoms with Gasteiger partial charge in [-0.2, -0.15) is 4.99 Å². The first-order chi connectivity index (χ1) is 14.2. The molecule has 0 spiro atoms. The van der Waals surface area contributed by atoms with E-state index >= 15 is 0 Å². The van der Waals surface area contributed by atoms with Gasteiger partial charge < -0.3 is 4.74 Å². The van der Waals surface area contributed by atoms with Crippen molar-refractivity contribution in [2.45, 2.75) is 65.8 Å². The first-order valence-corrected chi connectivity index (χ1v) is 10.7. The molecule has 0 saturated heterocycles. The molecule has 3 rings (SSSR count). The first kappa shape index (κ1) is 21.8. The van der Waals surface area contributed by atoms with Crippen LogP contribution in [-0.2, 0) is 0 Å². The fourth-order valence-corrected chi connectivity index (χ4v) is 3.36. The summed E-state index contributed by atoms with van der Waals surface area (Å²) in [6.07, 6.45) is 0. The van der Waals surface area contributed by atoms with Crippen molar-refractivity contribution in [2.24, 2.45) is 9.98 Å². The highest BCUT2D eigenvalue weighted by Crippen LogP contribution is 2.40. The van der Waals surface area contributed by atoms with E-state index in [2.05, 4.69) is 74.0 Å². The Labute approximate surface area is 180 Å². The van der Waals surface area contributed by atoms with E-state index in [0.29, 0.717) is 11.8 Å². The summed E-state index contributed by atoms with van der Waals surface area (Å²) >= 11 is 0. The molecular formula is C27H32N2O. The number of ether oxygens (including phenoxy) is 1. The van der Waals surface area contributed by atoms with Crippen LogP contribution in [-0.4, -0.2) is 11.5 Å². The number of fused-ring (bicyclic) bond motifs is 1. The second-order valence-corrected chi connectivity index (χ2v) is 9.33. The number of benzene rings is 3. The Morgan fingerprint density at radius 3 is 2.03 bits per heavy atom. The van der Waals surface area contributed by atoms with Crippen molar-refractivity contribution in [1.82, 2.24) is 0 Å². The lowest BCUT2D eigenvalue weighted by atomic mass is 9.92. The van der Waals surface area contributed by atoms with Gasteiger partial charge >= 0.3 is 0 Å². The zero-order valence-electron chi connectivity index (χ0n) is 19.2. The van der Waals surface area contributed by atoms with Gasteiger partial charge in [0, 0.05) is 5.39 Å². The molecule has 3 aromatic carbocycles. The lowest BCUT2D eigenvalue weighted by Gasteiger charge is -2.19. The van der Waals surface area contributed by atoms with Crippen molar-refractivity contribution in [3.05, 3.63) is 65.7 Å². The van der Waals surface area contributed by atoms with E-state index in [1.165, 1.54) is 5.39 Å². The summed E-state index contributed by atoms with van der Waals surface area (Å²) in [4.78, 5) is 9.09. The van der Waals surface area contributed by atoms with E-state index in [1.807, 2.05) is 45.0 Å². The monoisotopic (exact) mass is 400 g/mol. The molecule has 3 nitrogen and oxygen atoms in total. The van der Waals surface area contributed by atoms with Crippen LogP contribution in [0.3, 0.4) is 0 Å². The summed E-state index contributed by atoms with van der Waals surface area (Å²) in [6.45, 7) is 14.9. The summed E-state index contributed by atoms with van der Waals surface area (Å²) in [7, 11) is 0. The Kier molecular flexibility index (Phi) is 6.43. The van der Waals surface area contributed by atoms with Gasteiger partial charge in [-0.1, -0.05) is 64.1 Å². The van der Waals surface area contributed by atoms with Gasteiger partial charge in [0.15, 0.2) is 0 Å². The van der Waals surface area contributed by atoms with Gasteiger partial charge in [0.25, 0.3) is 0 Å². The van der Waals surface area contributed by atoms with Gasteiger partial charge in [-0.15, -0.1) is 0 Å². The van der Waals surface area contributed by atoms with Gasteiger partial charge in [0.1, 0.15) is 11.5 Å². The van der Waals surface area contributed by atoms with Crippen molar-refractivity contribution in [1.29, 1.82) is 0 Å². The zero-order chi connectivity index (χ0) is 21.9. The maximum atomic E-state index is 6.40. The average Bonchev–Trinajstić information content (AvgIpc) is 2.67. The smallest absolute Gasteiger partial charge is 0.135 e. The number of hydrogen-bond acceptors (Lipinski definition) is 3. The van der Waals surface area contributed by atoms with Gasteiger partial charge in [-0.25, -0.2) is 4.99 Å². The minimum atomic E-state index is -0.198. The highest BCUT2D eigenvalue weighted by molar-refractivity contribution is 5.88. The van der Waals surface area contributed by atoms with Crippen molar-refractivity contribution in [3.8, 4) is 11.5 Å². The molecule has 3 aromatic rings. The van der Waals surface area contributed by atoms with Crippen LogP contribution >= 0.6 is 0 Å².